The summed E-state index contributed by atoms with van der Waals surface area (Å²) >= 11 is 0. The van der Waals surface area contributed by atoms with Gasteiger partial charge < -0.3 is 10.2 Å². The van der Waals surface area contributed by atoms with Crippen molar-refractivity contribution < 1.29 is 13.2 Å². The van der Waals surface area contributed by atoms with Crippen molar-refractivity contribution in [2.75, 3.05) is 32.7 Å². The number of hydrogen-bond acceptors (Lipinski definition) is 3. The lowest BCUT2D eigenvalue weighted by molar-refractivity contribution is 0.172. The molecule has 3 N–H and O–H groups in total. The van der Waals surface area contributed by atoms with Crippen molar-refractivity contribution in [3.63, 3.8) is 0 Å². The van der Waals surface area contributed by atoms with Crippen LogP contribution in [0.2, 0.25) is 0 Å². The molecule has 0 aromatic rings. The van der Waals surface area contributed by atoms with Crippen molar-refractivity contribution in [1.29, 1.82) is 0 Å². The van der Waals surface area contributed by atoms with Crippen molar-refractivity contribution in [3.05, 3.63) is 0 Å². The zero-order valence-corrected chi connectivity index (χ0v) is 10.2. The summed E-state index contributed by atoms with van der Waals surface area (Å²) in [6.45, 7) is 3.89. The van der Waals surface area contributed by atoms with Gasteiger partial charge in [-0.2, -0.15) is 12.7 Å². The topological polar surface area (TPSA) is 95.7 Å². The second-order valence-electron chi connectivity index (χ2n) is 3.66. The summed E-state index contributed by atoms with van der Waals surface area (Å²) in [6.07, 6.45) is 0.878. The van der Waals surface area contributed by atoms with Gasteiger partial charge >= 0.3 is 6.03 Å². The molecule has 0 radical (unpaired) electrons. The Morgan fingerprint density at radius 1 is 1.31 bits per heavy atom. The lowest BCUT2D eigenvalue weighted by atomic mass is 10.4. The molecule has 1 rings (SSSR count). The molecule has 1 heterocycles. The zero-order chi connectivity index (χ0) is 12.2. The Morgan fingerprint density at radius 3 is 2.31 bits per heavy atom. The summed E-state index contributed by atoms with van der Waals surface area (Å²) in [5.74, 6) is 0. The van der Waals surface area contributed by atoms with E-state index in [1.807, 2.05) is 6.92 Å². The fraction of sp³-hybridized carbons (Fsp3) is 0.875. The predicted molar refractivity (Wildman–Crippen MR) is 59.9 cm³/mol. The molecule has 0 aromatic carbocycles. The summed E-state index contributed by atoms with van der Waals surface area (Å²) in [5.41, 5.74) is 0. The Bertz CT molecular complexity index is 335. The second kappa shape index (κ2) is 5.46. The normalized spacial score (nSPS) is 18.5. The maximum Gasteiger partial charge on any atom is 0.317 e. The molecule has 0 aliphatic carbocycles. The third-order valence-electron chi connectivity index (χ3n) is 2.41. The van der Waals surface area contributed by atoms with Gasteiger partial charge in [0.05, 0.1) is 0 Å². The number of urea groups is 1. The van der Waals surface area contributed by atoms with Gasteiger partial charge in [0.15, 0.2) is 0 Å². The Balaban J connectivity index is 2.40. The van der Waals surface area contributed by atoms with E-state index < -0.39 is 10.2 Å². The van der Waals surface area contributed by atoms with Gasteiger partial charge in [-0.25, -0.2) is 9.93 Å². The van der Waals surface area contributed by atoms with Crippen LogP contribution in [0.3, 0.4) is 0 Å². The van der Waals surface area contributed by atoms with Gasteiger partial charge in [-0.15, -0.1) is 0 Å². The van der Waals surface area contributed by atoms with Gasteiger partial charge in [0.1, 0.15) is 0 Å². The molecule has 0 atom stereocenters. The SMILES string of the molecule is CCCNC(=O)N1CCN(S(N)(=O)=O)CC1. The fourth-order valence-electron chi connectivity index (χ4n) is 1.49. The van der Waals surface area contributed by atoms with E-state index in [0.717, 1.165) is 6.42 Å². The van der Waals surface area contributed by atoms with Gasteiger partial charge in [0.25, 0.3) is 10.2 Å². The molecule has 1 aliphatic rings. The molecular formula is C8H18N4O3S. The number of hydrogen-bond donors (Lipinski definition) is 2. The smallest absolute Gasteiger partial charge is 0.317 e. The second-order valence-corrected chi connectivity index (χ2v) is 5.21. The van der Waals surface area contributed by atoms with Gasteiger partial charge in [-0.3, -0.25) is 0 Å². The molecule has 1 saturated heterocycles. The molecule has 8 heteroatoms. The molecule has 1 fully saturated rings. The molecule has 1 aliphatic heterocycles. The van der Waals surface area contributed by atoms with E-state index in [-0.39, 0.29) is 19.1 Å². The number of nitrogens with one attached hydrogen (secondary N) is 1. The minimum Gasteiger partial charge on any atom is -0.338 e. The van der Waals surface area contributed by atoms with Gasteiger partial charge in [0, 0.05) is 32.7 Å². The maximum atomic E-state index is 11.5. The number of nitrogens with zero attached hydrogens (tertiary/aromatic N) is 2. The Kier molecular flexibility index (Phi) is 4.51. The highest BCUT2D eigenvalue weighted by Gasteiger charge is 2.25. The summed E-state index contributed by atoms with van der Waals surface area (Å²) < 4.78 is 23.2. The van der Waals surface area contributed by atoms with Crippen LogP contribution in [0.5, 0.6) is 0 Å². The summed E-state index contributed by atoms with van der Waals surface area (Å²) in [4.78, 5) is 13.1. The van der Waals surface area contributed by atoms with Crippen LogP contribution in [-0.2, 0) is 10.2 Å². The van der Waals surface area contributed by atoms with Crippen molar-refractivity contribution in [3.8, 4) is 0 Å². The number of piperazine rings is 1. The van der Waals surface area contributed by atoms with Crippen LogP contribution in [-0.4, -0.2) is 56.4 Å². The van der Waals surface area contributed by atoms with Crippen LogP contribution in [0, 0.1) is 0 Å². The Morgan fingerprint density at radius 2 is 1.88 bits per heavy atom. The van der Waals surface area contributed by atoms with Crippen LogP contribution < -0.4 is 10.5 Å². The van der Waals surface area contributed by atoms with Crippen LogP contribution in [0.4, 0.5) is 4.79 Å². The monoisotopic (exact) mass is 250 g/mol. The number of carbonyl (C=O) groups is 1. The molecular weight excluding hydrogens is 232 g/mol. The first-order chi connectivity index (χ1) is 7.45. The summed E-state index contributed by atoms with van der Waals surface area (Å²) in [6, 6.07) is -0.143. The number of nitrogens with two attached hydrogens (primary N) is 1. The maximum absolute atomic E-state index is 11.5. The molecule has 7 nitrogen and oxygen atoms in total. The zero-order valence-electron chi connectivity index (χ0n) is 9.35. The molecule has 0 saturated carbocycles. The third kappa shape index (κ3) is 3.62. The van der Waals surface area contributed by atoms with E-state index in [4.69, 9.17) is 5.14 Å². The first-order valence-electron chi connectivity index (χ1n) is 5.25. The minimum atomic E-state index is -3.62. The molecule has 0 spiro atoms. The lowest BCUT2D eigenvalue weighted by Crippen LogP contribution is -2.54. The lowest BCUT2D eigenvalue weighted by Gasteiger charge is -2.32. The van der Waals surface area contributed by atoms with Crippen LogP contribution >= 0.6 is 0 Å². The van der Waals surface area contributed by atoms with E-state index in [2.05, 4.69) is 5.32 Å². The molecule has 0 bridgehead atoms. The van der Waals surface area contributed by atoms with Crippen LogP contribution in [0.15, 0.2) is 0 Å². The van der Waals surface area contributed by atoms with Gasteiger partial charge in [-0.05, 0) is 6.42 Å². The van der Waals surface area contributed by atoms with E-state index in [9.17, 15) is 13.2 Å². The minimum absolute atomic E-state index is 0.143. The van der Waals surface area contributed by atoms with Crippen molar-refractivity contribution in [2.45, 2.75) is 13.3 Å². The van der Waals surface area contributed by atoms with E-state index in [0.29, 0.717) is 19.6 Å². The molecule has 2 amide bonds. The summed E-state index contributed by atoms with van der Waals surface area (Å²) in [7, 11) is -3.62. The molecule has 16 heavy (non-hydrogen) atoms. The molecule has 94 valence electrons. The van der Waals surface area contributed by atoms with Gasteiger partial charge in [0.2, 0.25) is 0 Å². The highest BCUT2D eigenvalue weighted by atomic mass is 32.2. The largest absolute Gasteiger partial charge is 0.338 e. The number of amides is 2. The van der Waals surface area contributed by atoms with E-state index >= 15 is 0 Å². The van der Waals surface area contributed by atoms with E-state index in [1.54, 1.807) is 4.90 Å². The summed E-state index contributed by atoms with van der Waals surface area (Å²) in [5, 5.41) is 7.73. The standard InChI is InChI=1S/C8H18N4O3S/c1-2-3-10-8(13)11-4-6-12(7-5-11)16(9,14)15/h2-7H2,1H3,(H,10,13)(H2,9,14,15). The van der Waals surface area contributed by atoms with Crippen molar-refractivity contribution in [2.24, 2.45) is 5.14 Å². The van der Waals surface area contributed by atoms with Crippen molar-refractivity contribution >= 4 is 16.2 Å². The highest BCUT2D eigenvalue weighted by molar-refractivity contribution is 7.86. The number of carbonyl (C=O) groups excluding carboxylic acids is 1. The van der Waals surface area contributed by atoms with Crippen LogP contribution in [0.25, 0.3) is 0 Å². The first kappa shape index (κ1) is 13.2. The molecule has 0 unspecified atom stereocenters. The van der Waals surface area contributed by atoms with Crippen molar-refractivity contribution in [1.82, 2.24) is 14.5 Å². The third-order valence-corrected chi connectivity index (χ3v) is 3.50. The first-order valence-corrected chi connectivity index (χ1v) is 6.76. The average Bonchev–Trinajstić information content (AvgIpc) is 2.25. The number of rotatable bonds is 3. The van der Waals surface area contributed by atoms with E-state index in [1.165, 1.54) is 4.31 Å². The molecule has 0 aromatic heterocycles. The Hall–Kier alpha value is -0.860. The van der Waals surface area contributed by atoms with Gasteiger partial charge in [-0.1, -0.05) is 6.92 Å². The predicted octanol–water partition coefficient (Wildman–Crippen LogP) is -1.07. The fourth-order valence-corrected chi connectivity index (χ4v) is 2.16. The quantitative estimate of drug-likeness (QED) is 0.667. The average molecular weight is 250 g/mol. The Labute approximate surface area is 95.8 Å². The highest BCUT2D eigenvalue weighted by Crippen LogP contribution is 2.04. The van der Waals surface area contributed by atoms with Crippen LogP contribution in [0.1, 0.15) is 13.3 Å².